The van der Waals surface area contributed by atoms with Crippen LogP contribution in [0.15, 0.2) is 24.3 Å². The third-order valence-electron chi connectivity index (χ3n) is 3.36. The average molecular weight is 276 g/mol. The largest absolute Gasteiger partial charge is 0.385 e. The van der Waals surface area contributed by atoms with Crippen LogP contribution in [0.25, 0.3) is 0 Å². The van der Waals surface area contributed by atoms with Gasteiger partial charge in [0.05, 0.1) is 0 Å². The predicted molar refractivity (Wildman–Crippen MR) is 76.6 cm³/mol. The van der Waals surface area contributed by atoms with Gasteiger partial charge in [0.1, 0.15) is 0 Å². The highest BCUT2D eigenvalue weighted by Crippen LogP contribution is 2.26. The van der Waals surface area contributed by atoms with Gasteiger partial charge < -0.3 is 15.0 Å². The van der Waals surface area contributed by atoms with Crippen molar-refractivity contribution in [3.05, 3.63) is 29.8 Å². The van der Waals surface area contributed by atoms with E-state index in [1.54, 1.807) is 12.0 Å². The maximum absolute atomic E-state index is 12.2. The Morgan fingerprint density at radius 2 is 2.15 bits per heavy atom. The Balaban J connectivity index is 1.98. The van der Waals surface area contributed by atoms with Crippen LogP contribution in [0.1, 0.15) is 18.4 Å². The maximum Gasteiger partial charge on any atom is 0.316 e. The first-order valence-electron chi connectivity index (χ1n) is 6.90. The molecule has 0 spiro atoms. The highest BCUT2D eigenvalue weighted by atomic mass is 16.5. The van der Waals surface area contributed by atoms with Gasteiger partial charge in [0.25, 0.3) is 0 Å². The lowest BCUT2D eigenvalue weighted by Crippen LogP contribution is -2.45. The van der Waals surface area contributed by atoms with Gasteiger partial charge in [-0.15, -0.1) is 0 Å². The van der Waals surface area contributed by atoms with Crippen LogP contribution < -0.4 is 10.2 Å². The van der Waals surface area contributed by atoms with Crippen LogP contribution in [-0.2, 0) is 20.7 Å². The smallest absolute Gasteiger partial charge is 0.316 e. The van der Waals surface area contributed by atoms with Crippen LogP contribution in [0, 0.1) is 0 Å². The number of fused-ring (bicyclic) bond motifs is 1. The number of amides is 2. The van der Waals surface area contributed by atoms with Crippen molar-refractivity contribution in [1.29, 1.82) is 0 Å². The van der Waals surface area contributed by atoms with E-state index in [9.17, 15) is 9.59 Å². The third-order valence-corrected chi connectivity index (χ3v) is 3.36. The number of benzene rings is 1. The standard InChI is InChI=1S/C15H20N2O3/c1-20-11-5-9-16-14(18)15(19)17-10-4-7-12-6-2-3-8-13(12)17/h2-3,6,8H,4-5,7,9-11H2,1H3,(H,16,18). The molecule has 0 fully saturated rings. The van der Waals surface area contributed by atoms with Crippen molar-refractivity contribution in [3.63, 3.8) is 0 Å². The van der Waals surface area contributed by atoms with Gasteiger partial charge >= 0.3 is 11.8 Å². The molecule has 2 amide bonds. The molecule has 1 aliphatic heterocycles. The molecule has 1 N–H and O–H groups in total. The topological polar surface area (TPSA) is 58.6 Å². The highest BCUT2D eigenvalue weighted by molar-refractivity contribution is 6.40. The van der Waals surface area contributed by atoms with E-state index in [-0.39, 0.29) is 0 Å². The summed E-state index contributed by atoms with van der Waals surface area (Å²) >= 11 is 0. The van der Waals surface area contributed by atoms with Crippen LogP contribution >= 0.6 is 0 Å². The van der Waals surface area contributed by atoms with E-state index in [4.69, 9.17) is 4.74 Å². The lowest BCUT2D eigenvalue weighted by atomic mass is 10.0. The zero-order chi connectivity index (χ0) is 14.4. The summed E-state index contributed by atoms with van der Waals surface area (Å²) in [4.78, 5) is 25.7. The second kappa shape index (κ2) is 7.05. The van der Waals surface area contributed by atoms with Crippen LogP contribution in [-0.4, -0.2) is 38.6 Å². The molecule has 1 aromatic carbocycles. The third kappa shape index (κ3) is 3.36. The molecule has 1 aliphatic rings. The van der Waals surface area contributed by atoms with Crippen molar-refractivity contribution < 1.29 is 14.3 Å². The molecule has 0 aromatic heterocycles. The fraction of sp³-hybridized carbons (Fsp3) is 0.467. The summed E-state index contributed by atoms with van der Waals surface area (Å²) in [6, 6.07) is 7.74. The van der Waals surface area contributed by atoms with Crippen molar-refractivity contribution in [2.24, 2.45) is 0 Å². The summed E-state index contributed by atoms with van der Waals surface area (Å²) in [5.41, 5.74) is 1.98. The second-order valence-electron chi connectivity index (χ2n) is 4.79. The number of anilines is 1. The molecule has 0 saturated heterocycles. The first kappa shape index (κ1) is 14.5. The Morgan fingerprint density at radius 1 is 1.35 bits per heavy atom. The van der Waals surface area contributed by atoms with Gasteiger partial charge in [0.2, 0.25) is 0 Å². The van der Waals surface area contributed by atoms with Gasteiger partial charge in [0.15, 0.2) is 0 Å². The van der Waals surface area contributed by atoms with Crippen LogP contribution in [0.2, 0.25) is 0 Å². The number of rotatable bonds is 4. The van der Waals surface area contributed by atoms with Gasteiger partial charge in [-0.1, -0.05) is 18.2 Å². The lowest BCUT2D eigenvalue weighted by molar-refractivity contribution is -0.137. The fourth-order valence-electron chi connectivity index (χ4n) is 2.36. The fourth-order valence-corrected chi connectivity index (χ4v) is 2.36. The van der Waals surface area contributed by atoms with E-state index >= 15 is 0 Å². The number of hydrogen-bond acceptors (Lipinski definition) is 3. The van der Waals surface area contributed by atoms with E-state index in [1.165, 1.54) is 0 Å². The zero-order valence-corrected chi connectivity index (χ0v) is 11.7. The molecule has 20 heavy (non-hydrogen) atoms. The Hall–Kier alpha value is -1.88. The first-order valence-corrected chi connectivity index (χ1v) is 6.90. The number of nitrogens with one attached hydrogen (secondary N) is 1. The Labute approximate surface area is 118 Å². The van der Waals surface area contributed by atoms with E-state index < -0.39 is 11.8 Å². The molecule has 0 atom stereocenters. The number of nitrogens with zero attached hydrogens (tertiary/aromatic N) is 1. The highest BCUT2D eigenvalue weighted by Gasteiger charge is 2.26. The molecule has 0 radical (unpaired) electrons. The minimum atomic E-state index is -0.544. The number of carbonyl (C=O) groups excluding carboxylic acids is 2. The van der Waals surface area contributed by atoms with E-state index in [0.29, 0.717) is 26.1 Å². The number of carbonyl (C=O) groups is 2. The van der Waals surface area contributed by atoms with Crippen molar-refractivity contribution in [1.82, 2.24) is 5.32 Å². The number of methoxy groups -OCH3 is 1. The molecule has 1 aromatic rings. The van der Waals surface area contributed by atoms with Crippen molar-refractivity contribution in [2.75, 3.05) is 31.7 Å². The molecule has 0 bridgehead atoms. The predicted octanol–water partition coefficient (Wildman–Crippen LogP) is 1.12. The minimum Gasteiger partial charge on any atom is -0.385 e. The number of aryl methyl sites for hydroxylation is 1. The quantitative estimate of drug-likeness (QED) is 0.662. The zero-order valence-electron chi connectivity index (χ0n) is 11.7. The maximum atomic E-state index is 12.2. The molecule has 0 aliphatic carbocycles. The van der Waals surface area contributed by atoms with Gasteiger partial charge in [0, 0.05) is 32.5 Å². The summed E-state index contributed by atoms with van der Waals surface area (Å²) in [7, 11) is 1.61. The lowest BCUT2D eigenvalue weighted by Gasteiger charge is -2.28. The summed E-state index contributed by atoms with van der Waals surface area (Å²) in [5.74, 6) is -1.02. The molecule has 0 saturated carbocycles. The molecule has 5 heteroatoms. The Bertz CT molecular complexity index is 488. The second-order valence-corrected chi connectivity index (χ2v) is 4.79. The van der Waals surface area contributed by atoms with Gasteiger partial charge in [-0.3, -0.25) is 9.59 Å². The van der Waals surface area contributed by atoms with Gasteiger partial charge in [-0.25, -0.2) is 0 Å². The summed E-state index contributed by atoms with van der Waals surface area (Å²) in [5, 5.41) is 2.64. The van der Waals surface area contributed by atoms with Gasteiger partial charge in [-0.2, -0.15) is 0 Å². The van der Waals surface area contributed by atoms with Gasteiger partial charge in [-0.05, 0) is 30.9 Å². The van der Waals surface area contributed by atoms with Crippen molar-refractivity contribution in [3.8, 4) is 0 Å². The van der Waals surface area contributed by atoms with Crippen LogP contribution in [0.3, 0.4) is 0 Å². The normalized spacial score (nSPS) is 13.8. The van der Waals surface area contributed by atoms with E-state index in [0.717, 1.165) is 24.1 Å². The molecule has 1 heterocycles. The first-order chi connectivity index (χ1) is 9.74. The molecule has 5 nitrogen and oxygen atoms in total. The summed E-state index contributed by atoms with van der Waals surface area (Å²) in [6.45, 7) is 1.62. The minimum absolute atomic E-state index is 0.452. The monoisotopic (exact) mass is 276 g/mol. The summed E-state index contributed by atoms with van der Waals surface area (Å²) in [6.07, 6.45) is 2.54. The number of ether oxygens (including phenoxy) is 1. The van der Waals surface area contributed by atoms with Crippen molar-refractivity contribution >= 4 is 17.5 Å². The Kier molecular flexibility index (Phi) is 5.12. The molecular formula is C15H20N2O3. The van der Waals surface area contributed by atoms with E-state index in [2.05, 4.69) is 5.32 Å². The summed E-state index contributed by atoms with van der Waals surface area (Å²) < 4.78 is 4.90. The molecule has 108 valence electrons. The SMILES string of the molecule is COCCCNC(=O)C(=O)N1CCCc2ccccc21. The van der Waals surface area contributed by atoms with E-state index in [1.807, 2.05) is 24.3 Å². The van der Waals surface area contributed by atoms with Crippen LogP contribution in [0.5, 0.6) is 0 Å². The molecule has 0 unspecified atom stereocenters. The molecule has 2 rings (SSSR count). The van der Waals surface area contributed by atoms with Crippen LogP contribution in [0.4, 0.5) is 5.69 Å². The number of hydrogen-bond donors (Lipinski definition) is 1. The average Bonchev–Trinajstić information content (AvgIpc) is 2.50. The molecular weight excluding hydrogens is 256 g/mol. The number of para-hydroxylation sites is 1. The van der Waals surface area contributed by atoms with Crippen molar-refractivity contribution in [2.45, 2.75) is 19.3 Å². The Morgan fingerprint density at radius 3 is 2.95 bits per heavy atom.